The van der Waals surface area contributed by atoms with Gasteiger partial charge in [-0.2, -0.15) is 0 Å². The summed E-state index contributed by atoms with van der Waals surface area (Å²) >= 11 is 24.6. The lowest BCUT2D eigenvalue weighted by Gasteiger charge is -2.44. The highest BCUT2D eigenvalue weighted by atomic mass is 35.5. The second kappa shape index (κ2) is 16.5. The number of urea groups is 1. The molecular weight excluding hydrogens is 610 g/mol. The normalized spacial score (nSPS) is 19.2. The summed E-state index contributed by atoms with van der Waals surface area (Å²) in [5.41, 5.74) is 7.11. The molecule has 0 saturated carbocycles. The summed E-state index contributed by atoms with van der Waals surface area (Å²) in [4.78, 5) is 23.3. The maximum absolute atomic E-state index is 14.5. The first kappa shape index (κ1) is 33.4. The Morgan fingerprint density at radius 1 is 0.667 bits per heavy atom. The van der Waals surface area contributed by atoms with Crippen molar-refractivity contribution < 1.29 is 4.79 Å². The number of anilines is 2. The third-order valence-corrected chi connectivity index (χ3v) is 9.51. The van der Waals surface area contributed by atoms with E-state index in [4.69, 9.17) is 46.4 Å². The third kappa shape index (κ3) is 7.94. The average molecular weight is 657 g/mol. The molecule has 0 N–H and O–H groups in total. The number of hydrogen-bond acceptors (Lipinski definition) is 3. The zero-order valence-electron chi connectivity index (χ0n) is 25.1. The number of amides is 2. The van der Waals surface area contributed by atoms with Gasteiger partial charge < -0.3 is 19.6 Å². The van der Waals surface area contributed by atoms with Gasteiger partial charge in [0.1, 0.15) is 0 Å². The maximum Gasteiger partial charge on any atom is 0.321 e. The predicted octanol–water partition coefficient (Wildman–Crippen LogP) is 8.75. The Kier molecular flexibility index (Phi) is 13.1. The number of rotatable bonds is 12. The fraction of sp³-hybridized carbons (Fsp3) is 0.606. The number of hydrogen-bond donors (Lipinski definition) is 0. The van der Waals surface area contributed by atoms with Crippen LogP contribution in [0.25, 0.3) is 0 Å². The Morgan fingerprint density at radius 2 is 1.05 bits per heavy atom. The van der Waals surface area contributed by atoms with Gasteiger partial charge >= 0.3 is 6.03 Å². The SMILES string of the molecule is Cc1ccc(C2CCCCN2C(=O)N2CCCCC2c2ccc(C)c(N(CCCl)CCCl)c2)cc1N(CCCl)CCCl. The van der Waals surface area contributed by atoms with Crippen LogP contribution in [0.2, 0.25) is 0 Å². The minimum atomic E-state index is 0.0542. The topological polar surface area (TPSA) is 30.0 Å². The lowest BCUT2D eigenvalue weighted by atomic mass is 9.92. The van der Waals surface area contributed by atoms with Crippen molar-refractivity contribution in [2.75, 3.05) is 72.6 Å². The Morgan fingerprint density at radius 3 is 1.40 bits per heavy atom. The first-order valence-electron chi connectivity index (χ1n) is 15.5. The molecule has 9 heteroatoms. The lowest BCUT2D eigenvalue weighted by Crippen LogP contribution is -2.49. The maximum atomic E-state index is 14.5. The second-order valence-electron chi connectivity index (χ2n) is 11.5. The van der Waals surface area contributed by atoms with E-state index >= 15 is 0 Å². The Hall–Kier alpha value is -1.53. The van der Waals surface area contributed by atoms with E-state index < -0.39 is 0 Å². The van der Waals surface area contributed by atoms with Crippen molar-refractivity contribution in [3.63, 3.8) is 0 Å². The van der Waals surface area contributed by atoms with Crippen molar-refractivity contribution in [2.45, 2.75) is 64.5 Å². The third-order valence-electron chi connectivity index (χ3n) is 8.83. The van der Waals surface area contributed by atoms with Crippen molar-refractivity contribution in [1.82, 2.24) is 9.80 Å². The molecule has 0 radical (unpaired) electrons. The monoisotopic (exact) mass is 654 g/mol. The Labute approximate surface area is 273 Å². The van der Waals surface area contributed by atoms with Crippen LogP contribution in [0.3, 0.4) is 0 Å². The zero-order chi connectivity index (χ0) is 30.1. The molecule has 232 valence electrons. The highest BCUT2D eigenvalue weighted by Gasteiger charge is 2.36. The molecule has 2 fully saturated rings. The summed E-state index contributed by atoms with van der Waals surface area (Å²) in [6, 6.07) is 13.6. The number of likely N-dealkylation sites (tertiary alicyclic amines) is 2. The first-order valence-corrected chi connectivity index (χ1v) is 17.6. The van der Waals surface area contributed by atoms with Crippen LogP contribution < -0.4 is 9.80 Å². The summed E-state index contributed by atoms with van der Waals surface area (Å²) in [6.45, 7) is 8.80. The lowest BCUT2D eigenvalue weighted by molar-refractivity contribution is 0.0874. The summed E-state index contributed by atoms with van der Waals surface area (Å²) in [6.07, 6.45) is 6.24. The predicted molar refractivity (Wildman–Crippen MR) is 182 cm³/mol. The van der Waals surface area contributed by atoms with Crippen molar-refractivity contribution in [3.8, 4) is 0 Å². The molecule has 2 aromatic carbocycles. The fourth-order valence-corrected chi connectivity index (χ4v) is 7.46. The Balaban J connectivity index is 1.63. The molecule has 0 bridgehead atoms. The molecule has 2 aliphatic heterocycles. The molecule has 0 spiro atoms. The van der Waals surface area contributed by atoms with Gasteiger partial charge in [-0.25, -0.2) is 4.79 Å². The van der Waals surface area contributed by atoms with E-state index in [1.54, 1.807) is 0 Å². The molecule has 4 rings (SSSR count). The molecule has 42 heavy (non-hydrogen) atoms. The van der Waals surface area contributed by atoms with Crippen molar-refractivity contribution in [2.24, 2.45) is 0 Å². The molecule has 5 nitrogen and oxygen atoms in total. The highest BCUT2D eigenvalue weighted by molar-refractivity contribution is 6.19. The number of alkyl halides is 4. The van der Waals surface area contributed by atoms with Gasteiger partial charge in [0, 0.05) is 74.2 Å². The minimum absolute atomic E-state index is 0.0542. The molecule has 2 amide bonds. The van der Waals surface area contributed by atoms with Crippen molar-refractivity contribution in [3.05, 3.63) is 58.7 Å². The van der Waals surface area contributed by atoms with Gasteiger partial charge in [0.15, 0.2) is 0 Å². The van der Waals surface area contributed by atoms with E-state index in [0.717, 1.165) is 89.2 Å². The van der Waals surface area contributed by atoms with Crippen LogP contribution in [0.1, 0.15) is 72.9 Å². The van der Waals surface area contributed by atoms with Gasteiger partial charge in [0.2, 0.25) is 0 Å². The summed E-state index contributed by atoms with van der Waals surface area (Å²) < 4.78 is 0. The van der Waals surface area contributed by atoms with E-state index in [0.29, 0.717) is 23.5 Å². The smallest absolute Gasteiger partial charge is 0.321 e. The van der Waals surface area contributed by atoms with E-state index in [9.17, 15) is 4.79 Å². The molecule has 2 unspecified atom stereocenters. The number of aryl methyl sites for hydroxylation is 2. The number of carbonyl (C=O) groups is 1. The molecular formula is C33H46Cl4N4O. The number of benzene rings is 2. The van der Waals surface area contributed by atoms with Gasteiger partial charge in [0.05, 0.1) is 12.1 Å². The Bertz CT molecular complexity index is 1070. The van der Waals surface area contributed by atoms with Gasteiger partial charge in [0.25, 0.3) is 0 Å². The van der Waals surface area contributed by atoms with Crippen LogP contribution in [-0.2, 0) is 0 Å². The molecule has 2 atom stereocenters. The largest absolute Gasteiger partial charge is 0.369 e. The van der Waals surface area contributed by atoms with E-state index in [1.165, 1.54) is 22.3 Å². The average Bonchev–Trinajstić information content (AvgIpc) is 3.01. The van der Waals surface area contributed by atoms with Gasteiger partial charge in [-0.05, 0) is 86.8 Å². The zero-order valence-corrected chi connectivity index (χ0v) is 28.2. The molecule has 2 aromatic rings. The van der Waals surface area contributed by atoms with Crippen LogP contribution >= 0.6 is 46.4 Å². The molecule has 2 saturated heterocycles. The van der Waals surface area contributed by atoms with Crippen LogP contribution in [-0.4, -0.2) is 78.6 Å². The number of carbonyl (C=O) groups excluding carboxylic acids is 1. The highest BCUT2D eigenvalue weighted by Crippen LogP contribution is 2.39. The van der Waals surface area contributed by atoms with Crippen LogP contribution in [0.15, 0.2) is 36.4 Å². The number of nitrogens with zero attached hydrogens (tertiary/aromatic N) is 4. The molecule has 0 aromatic heterocycles. The van der Waals surface area contributed by atoms with E-state index in [-0.39, 0.29) is 18.1 Å². The summed E-state index contributed by atoms with van der Waals surface area (Å²) in [5.74, 6) is 2.17. The van der Waals surface area contributed by atoms with E-state index in [2.05, 4.69) is 69.8 Å². The fourth-order valence-electron chi connectivity index (χ4n) is 6.64. The van der Waals surface area contributed by atoms with Gasteiger partial charge in [-0.15, -0.1) is 46.4 Å². The van der Waals surface area contributed by atoms with Gasteiger partial charge in [-0.1, -0.05) is 24.3 Å². The minimum Gasteiger partial charge on any atom is -0.369 e. The number of halogens is 4. The molecule has 2 aliphatic rings. The molecule has 2 heterocycles. The van der Waals surface area contributed by atoms with Crippen molar-refractivity contribution in [1.29, 1.82) is 0 Å². The standard InChI is InChI=1S/C33H46Cl4N4O/c1-25-9-11-27(23-31(25)38(19-13-34)20-14-35)29-7-3-5-17-40(29)33(42)41-18-6-4-8-30(41)28-12-10-26(2)32(24-28)39(21-15-36)22-16-37/h9-12,23-24,29-30H,3-8,13-22H2,1-2H3. The van der Waals surface area contributed by atoms with Crippen LogP contribution in [0.5, 0.6) is 0 Å². The van der Waals surface area contributed by atoms with Crippen LogP contribution in [0.4, 0.5) is 16.2 Å². The number of piperidine rings is 2. The first-order chi connectivity index (χ1) is 20.4. The molecule has 0 aliphatic carbocycles. The summed E-state index contributed by atoms with van der Waals surface area (Å²) in [7, 11) is 0. The summed E-state index contributed by atoms with van der Waals surface area (Å²) in [5, 5.41) is 0. The van der Waals surface area contributed by atoms with Crippen molar-refractivity contribution >= 4 is 63.8 Å². The van der Waals surface area contributed by atoms with E-state index in [1.807, 2.05) is 0 Å². The van der Waals surface area contributed by atoms with Gasteiger partial charge in [-0.3, -0.25) is 0 Å². The second-order valence-corrected chi connectivity index (χ2v) is 13.0. The quantitative estimate of drug-likeness (QED) is 0.214. The van der Waals surface area contributed by atoms with Crippen LogP contribution in [0, 0.1) is 13.8 Å².